The van der Waals surface area contributed by atoms with E-state index in [2.05, 4.69) is 55.3 Å². The highest BCUT2D eigenvalue weighted by atomic mass is 16.5. The Kier molecular flexibility index (Phi) is 4.63. The molecule has 0 aliphatic rings. The molecule has 0 unspecified atom stereocenters. The summed E-state index contributed by atoms with van der Waals surface area (Å²) in [6.07, 6.45) is 1.68. The first kappa shape index (κ1) is 15.5. The fourth-order valence-electron chi connectivity index (χ4n) is 1.93. The lowest BCUT2D eigenvalue weighted by Gasteiger charge is -2.22. The summed E-state index contributed by atoms with van der Waals surface area (Å²) in [5, 5.41) is 11.4. The van der Waals surface area contributed by atoms with Gasteiger partial charge in [0.05, 0.1) is 0 Å². The van der Waals surface area contributed by atoms with Gasteiger partial charge in [-0.25, -0.2) is 0 Å². The SMILES string of the molecule is Cc1ccc(OCc2nncn2C)c(CNC(C)(C)C)c1. The summed E-state index contributed by atoms with van der Waals surface area (Å²) in [4.78, 5) is 0. The molecule has 2 aromatic rings. The van der Waals surface area contributed by atoms with Crippen molar-refractivity contribution in [1.82, 2.24) is 20.1 Å². The molecule has 21 heavy (non-hydrogen) atoms. The number of aryl methyl sites for hydroxylation is 2. The van der Waals surface area contributed by atoms with E-state index in [4.69, 9.17) is 4.74 Å². The summed E-state index contributed by atoms with van der Waals surface area (Å²) < 4.78 is 7.78. The summed E-state index contributed by atoms with van der Waals surface area (Å²) in [7, 11) is 1.91. The first-order valence-corrected chi connectivity index (χ1v) is 7.15. The average Bonchev–Trinajstić information content (AvgIpc) is 2.80. The molecule has 0 spiro atoms. The standard InChI is InChI=1S/C16H24N4O/c1-12-6-7-14(13(8-12)9-17-16(2,3)4)21-10-15-19-18-11-20(15)5/h6-8,11,17H,9-10H2,1-5H3. The van der Waals surface area contributed by atoms with Gasteiger partial charge in [0.25, 0.3) is 0 Å². The molecule has 1 aromatic carbocycles. The van der Waals surface area contributed by atoms with Crippen LogP contribution in [0.15, 0.2) is 24.5 Å². The highest BCUT2D eigenvalue weighted by Crippen LogP contribution is 2.21. The minimum Gasteiger partial charge on any atom is -0.485 e. The molecule has 1 aromatic heterocycles. The molecule has 0 saturated heterocycles. The normalized spacial score (nSPS) is 11.7. The first-order valence-electron chi connectivity index (χ1n) is 7.15. The average molecular weight is 288 g/mol. The predicted molar refractivity (Wildman–Crippen MR) is 83.1 cm³/mol. The number of aromatic nitrogens is 3. The number of nitrogens with one attached hydrogen (secondary N) is 1. The molecular formula is C16H24N4O. The van der Waals surface area contributed by atoms with Gasteiger partial charge in [-0.05, 0) is 33.8 Å². The van der Waals surface area contributed by atoms with Crippen LogP contribution in [-0.4, -0.2) is 20.3 Å². The summed E-state index contributed by atoms with van der Waals surface area (Å²) >= 11 is 0. The fourth-order valence-corrected chi connectivity index (χ4v) is 1.93. The van der Waals surface area contributed by atoms with E-state index in [9.17, 15) is 0 Å². The lowest BCUT2D eigenvalue weighted by atomic mass is 10.1. The maximum absolute atomic E-state index is 5.92. The summed E-state index contributed by atoms with van der Waals surface area (Å²) in [5.74, 6) is 1.70. The molecule has 0 radical (unpaired) electrons. The van der Waals surface area contributed by atoms with E-state index in [-0.39, 0.29) is 5.54 Å². The number of rotatable bonds is 5. The lowest BCUT2D eigenvalue weighted by molar-refractivity contribution is 0.286. The third-order valence-corrected chi connectivity index (χ3v) is 3.19. The van der Waals surface area contributed by atoms with Gasteiger partial charge in [-0.3, -0.25) is 0 Å². The molecule has 114 valence electrons. The second-order valence-electron chi connectivity index (χ2n) is 6.36. The van der Waals surface area contributed by atoms with Crippen LogP contribution < -0.4 is 10.1 Å². The highest BCUT2D eigenvalue weighted by molar-refractivity contribution is 5.37. The van der Waals surface area contributed by atoms with Crippen LogP contribution in [0.25, 0.3) is 0 Å². The van der Waals surface area contributed by atoms with Crippen LogP contribution in [0.2, 0.25) is 0 Å². The van der Waals surface area contributed by atoms with E-state index < -0.39 is 0 Å². The first-order chi connectivity index (χ1) is 9.85. The second-order valence-corrected chi connectivity index (χ2v) is 6.36. The Bertz CT molecular complexity index is 599. The third kappa shape index (κ3) is 4.56. The Morgan fingerprint density at radius 2 is 2.05 bits per heavy atom. The Morgan fingerprint density at radius 1 is 1.29 bits per heavy atom. The van der Waals surface area contributed by atoms with Crippen LogP contribution in [0.1, 0.15) is 37.7 Å². The Morgan fingerprint density at radius 3 is 2.67 bits per heavy atom. The van der Waals surface area contributed by atoms with E-state index in [1.165, 1.54) is 5.56 Å². The van der Waals surface area contributed by atoms with Crippen LogP contribution >= 0.6 is 0 Å². The Hall–Kier alpha value is -1.88. The molecule has 0 fully saturated rings. The summed E-state index contributed by atoms with van der Waals surface area (Å²) in [5.41, 5.74) is 2.46. The Labute approximate surface area is 126 Å². The third-order valence-electron chi connectivity index (χ3n) is 3.19. The van der Waals surface area contributed by atoms with Gasteiger partial charge < -0.3 is 14.6 Å². The van der Waals surface area contributed by atoms with Crippen LogP contribution in [0, 0.1) is 6.92 Å². The van der Waals surface area contributed by atoms with Crippen molar-refractivity contribution in [2.45, 2.75) is 46.4 Å². The zero-order chi connectivity index (χ0) is 15.5. The molecule has 1 heterocycles. The molecule has 0 aliphatic carbocycles. The molecule has 0 amide bonds. The van der Waals surface area contributed by atoms with Crippen molar-refractivity contribution in [3.05, 3.63) is 41.5 Å². The van der Waals surface area contributed by atoms with E-state index in [0.717, 1.165) is 23.7 Å². The van der Waals surface area contributed by atoms with Crippen molar-refractivity contribution < 1.29 is 4.74 Å². The zero-order valence-electron chi connectivity index (χ0n) is 13.5. The van der Waals surface area contributed by atoms with Crippen molar-refractivity contribution in [3.8, 4) is 5.75 Å². The number of ether oxygens (including phenoxy) is 1. The zero-order valence-corrected chi connectivity index (χ0v) is 13.5. The molecule has 5 nitrogen and oxygen atoms in total. The smallest absolute Gasteiger partial charge is 0.170 e. The van der Waals surface area contributed by atoms with E-state index in [1.54, 1.807) is 6.33 Å². The van der Waals surface area contributed by atoms with Crippen molar-refractivity contribution >= 4 is 0 Å². The molecule has 5 heteroatoms. The van der Waals surface area contributed by atoms with E-state index in [0.29, 0.717) is 6.61 Å². The monoisotopic (exact) mass is 288 g/mol. The minimum atomic E-state index is 0.0740. The van der Waals surface area contributed by atoms with Crippen molar-refractivity contribution in [3.63, 3.8) is 0 Å². The van der Waals surface area contributed by atoms with Crippen LogP contribution in [0.3, 0.4) is 0 Å². The lowest BCUT2D eigenvalue weighted by Crippen LogP contribution is -2.35. The highest BCUT2D eigenvalue weighted by Gasteiger charge is 2.12. The molecule has 0 atom stereocenters. The quantitative estimate of drug-likeness (QED) is 0.919. The molecule has 0 saturated carbocycles. The minimum absolute atomic E-state index is 0.0740. The molecular weight excluding hydrogens is 264 g/mol. The molecule has 1 N–H and O–H groups in total. The maximum atomic E-state index is 5.92. The van der Waals surface area contributed by atoms with E-state index >= 15 is 0 Å². The van der Waals surface area contributed by atoms with Crippen molar-refractivity contribution in [2.75, 3.05) is 0 Å². The topological polar surface area (TPSA) is 52.0 Å². The molecule has 0 bridgehead atoms. The molecule has 0 aliphatic heterocycles. The van der Waals surface area contributed by atoms with Crippen molar-refractivity contribution in [2.24, 2.45) is 7.05 Å². The number of nitrogens with zero attached hydrogens (tertiary/aromatic N) is 3. The van der Waals surface area contributed by atoms with Gasteiger partial charge in [0.15, 0.2) is 5.82 Å². The predicted octanol–water partition coefficient (Wildman–Crippen LogP) is 2.59. The largest absolute Gasteiger partial charge is 0.485 e. The van der Waals surface area contributed by atoms with Crippen LogP contribution in [0.5, 0.6) is 5.75 Å². The molecule has 2 rings (SSSR count). The number of benzene rings is 1. The van der Waals surface area contributed by atoms with Gasteiger partial charge >= 0.3 is 0 Å². The van der Waals surface area contributed by atoms with Crippen LogP contribution in [0.4, 0.5) is 0 Å². The second kappa shape index (κ2) is 6.26. The van der Waals surface area contributed by atoms with Gasteiger partial charge in [0, 0.05) is 24.7 Å². The Balaban J connectivity index is 2.09. The summed E-state index contributed by atoms with van der Waals surface area (Å²) in [6.45, 7) is 9.75. The van der Waals surface area contributed by atoms with Crippen molar-refractivity contribution in [1.29, 1.82) is 0 Å². The summed E-state index contributed by atoms with van der Waals surface area (Å²) in [6, 6.07) is 6.24. The fraction of sp³-hybridized carbons (Fsp3) is 0.500. The number of hydrogen-bond acceptors (Lipinski definition) is 4. The van der Waals surface area contributed by atoms with Gasteiger partial charge in [0.2, 0.25) is 0 Å². The maximum Gasteiger partial charge on any atom is 0.170 e. The van der Waals surface area contributed by atoms with Gasteiger partial charge in [-0.15, -0.1) is 10.2 Å². The number of hydrogen-bond donors (Lipinski definition) is 1. The van der Waals surface area contributed by atoms with E-state index in [1.807, 2.05) is 17.7 Å². The van der Waals surface area contributed by atoms with Gasteiger partial charge in [0.1, 0.15) is 18.7 Å². The van der Waals surface area contributed by atoms with Crippen LogP contribution in [-0.2, 0) is 20.2 Å². The van der Waals surface area contributed by atoms with Gasteiger partial charge in [-0.1, -0.05) is 17.7 Å². The van der Waals surface area contributed by atoms with Gasteiger partial charge in [-0.2, -0.15) is 0 Å².